The van der Waals surface area contributed by atoms with Crippen LogP contribution in [0.25, 0.3) is 22.4 Å². The third-order valence-electron chi connectivity index (χ3n) is 5.14. The number of pyridine rings is 1. The summed E-state index contributed by atoms with van der Waals surface area (Å²) in [6.45, 7) is 13.6. The number of rotatable bonds is 4. The topological polar surface area (TPSA) is 12.9 Å². The van der Waals surface area contributed by atoms with Gasteiger partial charge in [0.2, 0.25) is 0 Å². The van der Waals surface area contributed by atoms with E-state index in [1.807, 2.05) is 60.8 Å². The molecule has 35 heavy (non-hydrogen) atoms. The molecule has 0 saturated heterocycles. The Morgan fingerprint density at radius 1 is 0.600 bits per heavy atom. The zero-order valence-electron chi connectivity index (χ0n) is 21.7. The normalized spacial score (nSPS) is 11.1. The molecule has 0 saturated carbocycles. The maximum absolute atomic E-state index is 4.55. The zero-order chi connectivity index (χ0) is 24.6. The maximum Gasteiger partial charge on any atom is 3.00 e. The third-order valence-corrected chi connectivity index (χ3v) is 5.14. The summed E-state index contributed by atoms with van der Waals surface area (Å²) in [7, 11) is 0. The van der Waals surface area contributed by atoms with Gasteiger partial charge in [-0.15, -0.1) is 47.5 Å². The van der Waals surface area contributed by atoms with E-state index in [9.17, 15) is 0 Å². The number of nitrogens with zero attached hydrogens (tertiary/aromatic N) is 1. The number of hydrogen-bond donors (Lipinski definition) is 0. The van der Waals surface area contributed by atoms with Crippen LogP contribution < -0.4 is 0 Å². The second-order valence-electron chi connectivity index (χ2n) is 11.2. The van der Waals surface area contributed by atoms with Crippen molar-refractivity contribution in [3.63, 3.8) is 0 Å². The van der Waals surface area contributed by atoms with Crippen LogP contribution in [-0.4, -0.2) is 4.98 Å². The summed E-state index contributed by atoms with van der Waals surface area (Å²) in [6, 6.07) is 36.2. The van der Waals surface area contributed by atoms with E-state index in [1.165, 1.54) is 11.1 Å². The Labute approximate surface area is 228 Å². The van der Waals surface area contributed by atoms with Gasteiger partial charge in [0.1, 0.15) is 0 Å². The second kappa shape index (κ2) is 13.0. The molecule has 1 aromatic heterocycles. The van der Waals surface area contributed by atoms with Crippen molar-refractivity contribution in [1.82, 2.24) is 4.98 Å². The minimum Gasteiger partial charge on any atom is -0.305 e. The van der Waals surface area contributed by atoms with Gasteiger partial charge in [-0.3, -0.25) is 0 Å². The molecule has 4 rings (SSSR count). The van der Waals surface area contributed by atoms with E-state index in [2.05, 4.69) is 89.0 Å². The molecule has 0 unspecified atom stereocenters. The van der Waals surface area contributed by atoms with Gasteiger partial charge in [0, 0.05) is 6.20 Å². The maximum atomic E-state index is 4.55. The van der Waals surface area contributed by atoms with Crippen molar-refractivity contribution in [1.29, 1.82) is 0 Å². The summed E-state index contributed by atoms with van der Waals surface area (Å²) in [5.74, 6) is 0. The van der Waals surface area contributed by atoms with Crippen molar-refractivity contribution in [2.45, 2.75) is 54.4 Å². The van der Waals surface area contributed by atoms with E-state index in [-0.39, 0.29) is 27.8 Å². The van der Waals surface area contributed by atoms with E-state index in [1.54, 1.807) is 0 Å². The summed E-state index contributed by atoms with van der Waals surface area (Å²) in [6.07, 6.45) is 4.04. The minimum atomic E-state index is 0. The van der Waals surface area contributed by atoms with E-state index in [0.717, 1.165) is 35.2 Å². The van der Waals surface area contributed by atoms with E-state index >= 15 is 0 Å². The van der Waals surface area contributed by atoms with Gasteiger partial charge < -0.3 is 4.98 Å². The van der Waals surface area contributed by atoms with Gasteiger partial charge in [-0.05, 0) is 35.4 Å². The predicted molar refractivity (Wildman–Crippen MR) is 144 cm³/mol. The van der Waals surface area contributed by atoms with Gasteiger partial charge in [-0.1, -0.05) is 53.2 Å². The fourth-order valence-corrected chi connectivity index (χ4v) is 3.85. The summed E-state index contributed by atoms with van der Waals surface area (Å²) in [4.78, 5) is 4.55. The first kappa shape index (κ1) is 28.8. The zero-order valence-corrected chi connectivity index (χ0v) is 23.9. The van der Waals surface area contributed by atoms with E-state index < -0.39 is 0 Å². The van der Waals surface area contributed by atoms with Crippen LogP contribution in [0.1, 0.15) is 52.7 Å². The number of hydrogen-bond acceptors (Lipinski definition) is 1. The van der Waals surface area contributed by atoms with Crippen molar-refractivity contribution in [3.8, 4) is 22.4 Å². The Balaban J connectivity index is 0.000000280. The quantitative estimate of drug-likeness (QED) is 0.160. The fourth-order valence-electron chi connectivity index (χ4n) is 3.85. The summed E-state index contributed by atoms with van der Waals surface area (Å²) < 4.78 is 0. The van der Waals surface area contributed by atoms with Crippen LogP contribution >= 0.6 is 0 Å². The SMILES string of the molecule is CC(C)(C)Cc1cc[c-]c(-c2cc(CC(C)(C)C)ccn2)c1.[Au+3].[c-]1ccccc1-c1[c-]cccc1. The van der Waals surface area contributed by atoms with Crippen LogP contribution in [-0.2, 0) is 35.2 Å². The predicted octanol–water partition coefficient (Wildman–Crippen LogP) is 8.68. The summed E-state index contributed by atoms with van der Waals surface area (Å²) >= 11 is 0. The van der Waals surface area contributed by atoms with Gasteiger partial charge in [0.05, 0.1) is 0 Å². The Bertz CT molecular complexity index is 1060. The van der Waals surface area contributed by atoms with Crippen LogP contribution in [0.15, 0.2) is 85.1 Å². The third kappa shape index (κ3) is 10.4. The van der Waals surface area contributed by atoms with Crippen LogP contribution in [0.2, 0.25) is 0 Å². The Morgan fingerprint density at radius 3 is 1.60 bits per heavy atom. The molecular formula is C33H36AuN. The molecule has 4 aromatic rings. The standard InChI is InChI=1S/C21H28N.C12H8.Au/c1-20(2,3)14-16-8-7-9-18(12-16)19-13-17(10-11-22-19)15-21(4,5)6;1-3-7-11(8-4-1)12-9-5-2-6-10-12;/h7-8,10-13H,14-15H2,1-6H3;1-7,9H;/q-1;-2;+3. The molecule has 0 amide bonds. The summed E-state index contributed by atoms with van der Waals surface area (Å²) in [5, 5.41) is 0. The molecule has 3 aromatic carbocycles. The molecule has 0 aliphatic heterocycles. The van der Waals surface area contributed by atoms with Gasteiger partial charge in [-0.2, -0.15) is 48.5 Å². The monoisotopic (exact) mass is 643 g/mol. The van der Waals surface area contributed by atoms with Crippen molar-refractivity contribution in [2.75, 3.05) is 0 Å². The average molecular weight is 644 g/mol. The number of aromatic nitrogens is 1. The summed E-state index contributed by atoms with van der Waals surface area (Å²) in [5.41, 5.74) is 7.58. The molecule has 2 heteroatoms. The first-order valence-electron chi connectivity index (χ1n) is 12.0. The van der Waals surface area contributed by atoms with Gasteiger partial charge >= 0.3 is 22.4 Å². The molecule has 0 aliphatic carbocycles. The van der Waals surface area contributed by atoms with Crippen molar-refractivity contribution in [2.24, 2.45) is 10.8 Å². The first-order chi connectivity index (χ1) is 16.1. The molecule has 184 valence electrons. The van der Waals surface area contributed by atoms with Crippen molar-refractivity contribution < 1.29 is 22.4 Å². The Morgan fingerprint density at radius 2 is 1.11 bits per heavy atom. The van der Waals surface area contributed by atoms with E-state index in [4.69, 9.17) is 0 Å². The largest absolute Gasteiger partial charge is 3.00 e. The molecule has 0 radical (unpaired) electrons. The van der Waals surface area contributed by atoms with Crippen LogP contribution in [0.5, 0.6) is 0 Å². The molecule has 0 N–H and O–H groups in total. The molecule has 0 spiro atoms. The van der Waals surface area contributed by atoms with Crippen molar-refractivity contribution >= 4 is 0 Å². The van der Waals surface area contributed by atoms with Crippen molar-refractivity contribution in [3.05, 3.63) is 114 Å². The van der Waals surface area contributed by atoms with Crippen LogP contribution in [0.3, 0.4) is 0 Å². The minimum absolute atomic E-state index is 0. The van der Waals surface area contributed by atoms with Crippen LogP contribution in [0, 0.1) is 29.0 Å². The average Bonchev–Trinajstić information content (AvgIpc) is 2.79. The number of benzene rings is 3. The molecule has 1 heterocycles. The van der Waals surface area contributed by atoms with E-state index in [0.29, 0.717) is 5.41 Å². The smallest absolute Gasteiger partial charge is 0.305 e. The van der Waals surface area contributed by atoms with Gasteiger partial charge in [0.15, 0.2) is 0 Å². The van der Waals surface area contributed by atoms with Gasteiger partial charge in [0.25, 0.3) is 0 Å². The molecule has 0 atom stereocenters. The Kier molecular flexibility index (Phi) is 10.7. The Hall–Kier alpha value is -2.45. The van der Waals surface area contributed by atoms with Crippen LogP contribution in [0.4, 0.5) is 0 Å². The molecule has 0 bridgehead atoms. The molecule has 0 fully saturated rings. The molecule has 0 aliphatic rings. The molecular weight excluding hydrogens is 607 g/mol. The molecule has 1 nitrogen and oxygen atoms in total. The van der Waals surface area contributed by atoms with Gasteiger partial charge in [-0.25, -0.2) is 11.1 Å². The second-order valence-corrected chi connectivity index (χ2v) is 11.2. The fraction of sp³-hybridized carbons (Fsp3) is 0.303. The first-order valence-corrected chi connectivity index (χ1v) is 12.0.